The Labute approximate surface area is 221 Å². The quantitative estimate of drug-likeness (QED) is 0.240. The highest BCUT2D eigenvalue weighted by atomic mass is 79.9. The van der Waals surface area contributed by atoms with Gasteiger partial charge in [0, 0.05) is 17.4 Å². The molecule has 0 bridgehead atoms. The zero-order chi connectivity index (χ0) is 26.3. The van der Waals surface area contributed by atoms with E-state index in [-0.39, 0.29) is 24.6 Å². The van der Waals surface area contributed by atoms with Crippen LogP contribution in [-0.4, -0.2) is 36.8 Å². The van der Waals surface area contributed by atoms with Gasteiger partial charge in [-0.2, -0.15) is 0 Å². The summed E-state index contributed by atoms with van der Waals surface area (Å²) in [5.74, 6) is -1.31. The molecule has 0 saturated carbocycles. The number of imide groups is 1. The van der Waals surface area contributed by atoms with Crippen LogP contribution in [-0.2, 0) is 9.59 Å². The summed E-state index contributed by atoms with van der Waals surface area (Å²) in [6.07, 6.45) is 0.0287. The highest BCUT2D eigenvalue weighted by Gasteiger charge is 2.39. The first-order chi connectivity index (χ1) is 17.8. The van der Waals surface area contributed by atoms with Crippen molar-refractivity contribution in [3.05, 3.63) is 81.8 Å². The minimum Gasteiger partial charge on any atom is -0.492 e. The summed E-state index contributed by atoms with van der Waals surface area (Å²) in [5.41, 5.74) is 2.29. The third-order valence-electron chi connectivity index (χ3n) is 6.39. The summed E-state index contributed by atoms with van der Waals surface area (Å²) >= 11 is 3.33. The van der Waals surface area contributed by atoms with Crippen LogP contribution in [0.25, 0.3) is 0 Å². The van der Waals surface area contributed by atoms with Crippen LogP contribution < -0.4 is 19.3 Å². The van der Waals surface area contributed by atoms with E-state index in [1.807, 2.05) is 19.1 Å². The number of carbonyl (C=O) groups is 4. The van der Waals surface area contributed by atoms with Crippen LogP contribution in [0.4, 0.5) is 11.4 Å². The van der Waals surface area contributed by atoms with Crippen molar-refractivity contribution in [3.8, 4) is 11.5 Å². The molecule has 0 spiro atoms. The molecule has 2 heterocycles. The smallest absolute Gasteiger partial charge is 0.316 e. The number of para-hydroxylation sites is 2. The standard InChI is InChI=1S/C28H23BrN2O6/c1-3-36-24-7-5-4-6-23(24)30-15-17(13-25(30)32)28(35)37-19-9-11-22(16(2)12-19)31-26(33)20-10-8-18(29)14-21(20)27(31)34/h4-12,14,17H,3,13,15H2,1-2H3/t17-/m1/s1. The van der Waals surface area contributed by atoms with Gasteiger partial charge in [0.2, 0.25) is 5.91 Å². The second-order valence-corrected chi connectivity index (χ2v) is 9.73. The van der Waals surface area contributed by atoms with Crippen LogP contribution in [0.15, 0.2) is 65.1 Å². The number of rotatable bonds is 6. The number of halogens is 1. The Hall–Kier alpha value is -3.98. The van der Waals surface area contributed by atoms with E-state index in [2.05, 4.69) is 15.9 Å². The normalized spacial score (nSPS) is 16.8. The van der Waals surface area contributed by atoms with Crippen molar-refractivity contribution in [1.82, 2.24) is 0 Å². The predicted molar refractivity (Wildman–Crippen MR) is 140 cm³/mol. The number of benzene rings is 3. The van der Waals surface area contributed by atoms with Gasteiger partial charge < -0.3 is 14.4 Å². The first kappa shape index (κ1) is 24.7. The Balaban J connectivity index is 1.30. The van der Waals surface area contributed by atoms with Gasteiger partial charge in [-0.1, -0.05) is 28.1 Å². The molecule has 2 aliphatic heterocycles. The molecular weight excluding hydrogens is 540 g/mol. The number of carbonyl (C=O) groups excluding carboxylic acids is 4. The lowest BCUT2D eigenvalue weighted by Gasteiger charge is -2.20. The van der Waals surface area contributed by atoms with E-state index < -0.39 is 23.7 Å². The molecule has 37 heavy (non-hydrogen) atoms. The molecule has 0 aliphatic carbocycles. The average Bonchev–Trinajstić information content (AvgIpc) is 3.37. The lowest BCUT2D eigenvalue weighted by Crippen LogP contribution is -2.30. The van der Waals surface area contributed by atoms with Crippen LogP contribution in [0.1, 0.15) is 39.6 Å². The van der Waals surface area contributed by atoms with E-state index in [1.165, 1.54) is 0 Å². The van der Waals surface area contributed by atoms with Crippen molar-refractivity contribution in [2.75, 3.05) is 23.0 Å². The van der Waals surface area contributed by atoms with Gasteiger partial charge in [-0.05, 0) is 67.9 Å². The highest BCUT2D eigenvalue weighted by molar-refractivity contribution is 9.10. The molecule has 0 unspecified atom stereocenters. The Morgan fingerprint density at radius 3 is 2.49 bits per heavy atom. The molecule has 9 heteroatoms. The van der Waals surface area contributed by atoms with Crippen molar-refractivity contribution in [1.29, 1.82) is 0 Å². The van der Waals surface area contributed by atoms with E-state index in [0.717, 1.165) is 4.90 Å². The number of hydrogen-bond donors (Lipinski definition) is 0. The topological polar surface area (TPSA) is 93.2 Å². The average molecular weight is 563 g/mol. The molecule has 2 aliphatic rings. The number of nitrogens with zero attached hydrogens (tertiary/aromatic N) is 2. The highest BCUT2D eigenvalue weighted by Crippen LogP contribution is 2.35. The molecule has 3 aromatic carbocycles. The second-order valence-electron chi connectivity index (χ2n) is 8.81. The van der Waals surface area contributed by atoms with Gasteiger partial charge in [-0.25, -0.2) is 4.90 Å². The van der Waals surface area contributed by atoms with Gasteiger partial charge in [-0.15, -0.1) is 0 Å². The van der Waals surface area contributed by atoms with Gasteiger partial charge in [0.05, 0.1) is 35.0 Å². The second kappa shape index (κ2) is 9.82. The van der Waals surface area contributed by atoms with E-state index in [1.54, 1.807) is 60.4 Å². The number of fused-ring (bicyclic) bond motifs is 1. The van der Waals surface area contributed by atoms with Crippen molar-refractivity contribution in [2.45, 2.75) is 20.3 Å². The van der Waals surface area contributed by atoms with Crippen molar-refractivity contribution < 1.29 is 28.7 Å². The molecule has 5 rings (SSSR count). The molecular formula is C28H23BrN2O6. The van der Waals surface area contributed by atoms with Crippen molar-refractivity contribution in [2.24, 2.45) is 5.92 Å². The maximum absolute atomic E-state index is 12.9. The Morgan fingerprint density at radius 1 is 0.973 bits per heavy atom. The summed E-state index contributed by atoms with van der Waals surface area (Å²) in [6.45, 7) is 4.24. The monoisotopic (exact) mass is 562 g/mol. The van der Waals surface area contributed by atoms with Gasteiger partial charge in [0.25, 0.3) is 11.8 Å². The van der Waals surface area contributed by atoms with E-state index in [9.17, 15) is 19.2 Å². The lowest BCUT2D eigenvalue weighted by molar-refractivity contribution is -0.139. The van der Waals surface area contributed by atoms with Crippen molar-refractivity contribution >= 4 is 51.0 Å². The van der Waals surface area contributed by atoms with Gasteiger partial charge in [-0.3, -0.25) is 19.2 Å². The SMILES string of the molecule is CCOc1ccccc1N1C[C@H](C(=O)Oc2ccc(N3C(=O)c4ccc(Br)cc4C3=O)c(C)c2)CC1=O. The summed E-state index contributed by atoms with van der Waals surface area (Å²) in [4.78, 5) is 54.2. The van der Waals surface area contributed by atoms with Crippen LogP contribution >= 0.6 is 15.9 Å². The number of anilines is 2. The van der Waals surface area contributed by atoms with Gasteiger partial charge in [0.1, 0.15) is 11.5 Å². The zero-order valence-corrected chi connectivity index (χ0v) is 21.8. The fourth-order valence-electron chi connectivity index (χ4n) is 4.63. The van der Waals surface area contributed by atoms with Crippen LogP contribution in [0.3, 0.4) is 0 Å². The molecule has 1 atom stereocenters. The molecule has 0 radical (unpaired) electrons. The molecule has 8 nitrogen and oxygen atoms in total. The minimum atomic E-state index is -0.642. The number of esters is 1. The molecule has 0 N–H and O–H groups in total. The summed E-state index contributed by atoms with van der Waals surface area (Å²) in [5, 5.41) is 0. The molecule has 188 valence electrons. The van der Waals surface area contributed by atoms with Gasteiger partial charge in [0.15, 0.2) is 0 Å². The maximum atomic E-state index is 12.9. The zero-order valence-electron chi connectivity index (χ0n) is 20.2. The predicted octanol–water partition coefficient (Wildman–Crippen LogP) is 4.92. The summed E-state index contributed by atoms with van der Waals surface area (Å²) < 4.78 is 11.9. The van der Waals surface area contributed by atoms with Gasteiger partial charge >= 0.3 is 5.97 Å². The van der Waals surface area contributed by atoms with Crippen LogP contribution in [0, 0.1) is 12.8 Å². The molecule has 3 aromatic rings. The first-order valence-corrected chi connectivity index (χ1v) is 12.6. The number of aryl methyl sites for hydroxylation is 1. The van der Waals surface area contributed by atoms with E-state index >= 15 is 0 Å². The Kier molecular flexibility index (Phi) is 6.55. The molecule has 1 saturated heterocycles. The lowest BCUT2D eigenvalue weighted by atomic mass is 10.1. The first-order valence-electron chi connectivity index (χ1n) is 11.8. The van der Waals surface area contributed by atoms with Crippen LogP contribution in [0.2, 0.25) is 0 Å². The van der Waals surface area contributed by atoms with Crippen LogP contribution in [0.5, 0.6) is 11.5 Å². The summed E-state index contributed by atoms with van der Waals surface area (Å²) in [7, 11) is 0. The third kappa shape index (κ3) is 4.51. The Bertz CT molecular complexity index is 1450. The van der Waals surface area contributed by atoms with Crippen molar-refractivity contribution in [3.63, 3.8) is 0 Å². The fourth-order valence-corrected chi connectivity index (χ4v) is 4.99. The summed E-state index contributed by atoms with van der Waals surface area (Å²) in [6, 6.07) is 16.9. The fraction of sp³-hybridized carbons (Fsp3) is 0.214. The number of amides is 3. The van der Waals surface area contributed by atoms with E-state index in [4.69, 9.17) is 9.47 Å². The molecule has 3 amide bonds. The minimum absolute atomic E-state index is 0.0287. The largest absolute Gasteiger partial charge is 0.492 e. The number of hydrogen-bond acceptors (Lipinski definition) is 6. The molecule has 0 aromatic heterocycles. The number of ether oxygens (including phenoxy) is 2. The Morgan fingerprint density at radius 2 is 1.73 bits per heavy atom. The van der Waals surface area contributed by atoms with E-state index in [0.29, 0.717) is 44.9 Å². The maximum Gasteiger partial charge on any atom is 0.316 e. The molecule has 1 fully saturated rings. The third-order valence-corrected chi connectivity index (χ3v) is 6.88.